The topological polar surface area (TPSA) is 20.3 Å². The van der Waals surface area contributed by atoms with Crippen LogP contribution in [-0.4, -0.2) is 24.4 Å². The zero-order chi connectivity index (χ0) is 11.0. The summed E-state index contributed by atoms with van der Waals surface area (Å²) < 4.78 is 1.01. The van der Waals surface area contributed by atoms with E-state index in [1.54, 1.807) is 0 Å². The fourth-order valence-electron chi connectivity index (χ4n) is 1.71. The van der Waals surface area contributed by atoms with Crippen molar-refractivity contribution in [3.8, 4) is 0 Å². The maximum atomic E-state index is 11.9. The molecule has 0 saturated heterocycles. The van der Waals surface area contributed by atoms with E-state index in [1.807, 2.05) is 24.1 Å². The lowest BCUT2D eigenvalue weighted by atomic mass is 10.3. The molecule has 1 fully saturated rings. The number of amides is 1. The Morgan fingerprint density at radius 3 is 2.80 bits per heavy atom. The highest BCUT2D eigenvalue weighted by Gasteiger charge is 2.34. The highest BCUT2D eigenvalue weighted by atomic mass is 79.9. The predicted molar refractivity (Wildman–Crippen MR) is 66.3 cm³/mol. The summed E-state index contributed by atoms with van der Waals surface area (Å²) in [6, 6.07) is 3.80. The average Bonchev–Trinajstić information content (AvgIpc) is 2.71. The number of carbonyl (C=O) groups is 1. The maximum absolute atomic E-state index is 11.9. The van der Waals surface area contributed by atoms with Crippen LogP contribution in [0.4, 0.5) is 0 Å². The van der Waals surface area contributed by atoms with Gasteiger partial charge in [-0.15, -0.1) is 11.3 Å². The summed E-state index contributed by atoms with van der Waals surface area (Å²) in [6.07, 6.45) is 1.27. The van der Waals surface area contributed by atoms with Gasteiger partial charge in [-0.05, 0) is 46.3 Å². The molecule has 1 saturated carbocycles. The van der Waals surface area contributed by atoms with Crippen molar-refractivity contribution in [1.29, 1.82) is 0 Å². The van der Waals surface area contributed by atoms with Gasteiger partial charge in [0.2, 0.25) is 0 Å². The molecule has 4 heteroatoms. The molecular formula is C11H14BrNOS. The molecule has 1 amide bonds. The van der Waals surface area contributed by atoms with Crippen LogP contribution in [0.15, 0.2) is 15.9 Å². The molecule has 1 aliphatic carbocycles. The summed E-state index contributed by atoms with van der Waals surface area (Å²) >= 11 is 4.87. The fraction of sp³-hybridized carbons (Fsp3) is 0.545. The van der Waals surface area contributed by atoms with Gasteiger partial charge in [0, 0.05) is 13.6 Å². The van der Waals surface area contributed by atoms with Crippen molar-refractivity contribution in [1.82, 2.24) is 4.90 Å². The quantitative estimate of drug-likeness (QED) is 0.836. The maximum Gasteiger partial charge on any atom is 0.263 e. The minimum Gasteiger partial charge on any atom is -0.341 e. The summed E-state index contributed by atoms with van der Waals surface area (Å²) in [5.41, 5.74) is 0. The Kier molecular flexibility index (Phi) is 3.16. The zero-order valence-electron chi connectivity index (χ0n) is 8.87. The highest BCUT2D eigenvalue weighted by Crippen LogP contribution is 2.38. The van der Waals surface area contributed by atoms with Gasteiger partial charge in [-0.2, -0.15) is 0 Å². The van der Waals surface area contributed by atoms with Crippen LogP contribution in [0.25, 0.3) is 0 Å². The van der Waals surface area contributed by atoms with Crippen molar-refractivity contribution in [2.45, 2.75) is 13.3 Å². The Hall–Kier alpha value is -0.350. The van der Waals surface area contributed by atoms with E-state index in [0.29, 0.717) is 0 Å². The lowest BCUT2D eigenvalue weighted by Gasteiger charge is -2.15. The molecule has 0 spiro atoms. The number of hydrogen-bond acceptors (Lipinski definition) is 2. The summed E-state index contributed by atoms with van der Waals surface area (Å²) in [5.74, 6) is 1.67. The first kappa shape index (κ1) is 11.1. The number of nitrogens with zero attached hydrogens (tertiary/aromatic N) is 1. The van der Waals surface area contributed by atoms with E-state index in [-0.39, 0.29) is 5.91 Å². The van der Waals surface area contributed by atoms with Crippen molar-refractivity contribution >= 4 is 33.2 Å². The lowest BCUT2D eigenvalue weighted by Crippen LogP contribution is -2.28. The van der Waals surface area contributed by atoms with Crippen molar-refractivity contribution in [3.63, 3.8) is 0 Å². The third kappa shape index (κ3) is 2.61. The predicted octanol–water partition coefficient (Wildman–Crippen LogP) is 3.24. The van der Waals surface area contributed by atoms with Gasteiger partial charge in [0.15, 0.2) is 0 Å². The van der Waals surface area contributed by atoms with Gasteiger partial charge < -0.3 is 4.90 Å². The van der Waals surface area contributed by atoms with E-state index in [0.717, 1.165) is 27.0 Å². The Balaban J connectivity index is 1.95. The Morgan fingerprint density at radius 1 is 1.67 bits per heavy atom. The molecule has 0 aromatic carbocycles. The average molecular weight is 288 g/mol. The summed E-state index contributed by atoms with van der Waals surface area (Å²) in [7, 11) is 1.89. The van der Waals surface area contributed by atoms with Crippen molar-refractivity contribution in [3.05, 3.63) is 20.8 Å². The third-order valence-corrected chi connectivity index (χ3v) is 4.53. The van der Waals surface area contributed by atoms with E-state index in [1.165, 1.54) is 17.8 Å². The molecule has 1 aliphatic rings. The van der Waals surface area contributed by atoms with Gasteiger partial charge >= 0.3 is 0 Å². The zero-order valence-corrected chi connectivity index (χ0v) is 11.3. The van der Waals surface area contributed by atoms with E-state index in [2.05, 4.69) is 22.9 Å². The molecule has 15 heavy (non-hydrogen) atoms. The second kappa shape index (κ2) is 4.26. The van der Waals surface area contributed by atoms with E-state index >= 15 is 0 Å². The minimum absolute atomic E-state index is 0.143. The van der Waals surface area contributed by atoms with Crippen molar-refractivity contribution < 1.29 is 4.79 Å². The van der Waals surface area contributed by atoms with Crippen LogP contribution in [0.5, 0.6) is 0 Å². The number of hydrogen-bond donors (Lipinski definition) is 0. The van der Waals surface area contributed by atoms with Crippen LogP contribution in [-0.2, 0) is 0 Å². The normalized spacial score (nSPS) is 23.9. The van der Waals surface area contributed by atoms with Gasteiger partial charge in [-0.25, -0.2) is 0 Å². The molecular weight excluding hydrogens is 274 g/mol. The van der Waals surface area contributed by atoms with Crippen LogP contribution in [0.3, 0.4) is 0 Å². The monoisotopic (exact) mass is 287 g/mol. The van der Waals surface area contributed by atoms with Gasteiger partial charge in [-0.3, -0.25) is 4.79 Å². The Labute approximate surface area is 102 Å². The van der Waals surface area contributed by atoms with Gasteiger partial charge in [0.25, 0.3) is 5.91 Å². The number of thiophene rings is 1. The standard InChI is InChI=1S/C11H14BrNOS/c1-7-5-8(7)6-13(2)11(14)9-3-4-10(12)15-9/h3-4,7-8H,5-6H2,1-2H3. The second-order valence-electron chi connectivity index (χ2n) is 4.26. The molecule has 0 radical (unpaired) electrons. The fourth-order valence-corrected chi connectivity index (χ4v) is 3.09. The number of carbonyl (C=O) groups excluding carboxylic acids is 1. The van der Waals surface area contributed by atoms with E-state index in [4.69, 9.17) is 0 Å². The SMILES string of the molecule is CC1CC1CN(C)C(=O)c1ccc(Br)s1. The van der Waals surface area contributed by atoms with Gasteiger partial charge in [0.1, 0.15) is 0 Å². The van der Waals surface area contributed by atoms with E-state index < -0.39 is 0 Å². The summed E-state index contributed by atoms with van der Waals surface area (Å²) in [6.45, 7) is 3.14. The van der Waals surface area contributed by atoms with Crippen molar-refractivity contribution in [2.24, 2.45) is 11.8 Å². The summed E-state index contributed by atoms with van der Waals surface area (Å²) in [5, 5.41) is 0. The molecule has 1 aromatic rings. The molecule has 2 nitrogen and oxygen atoms in total. The van der Waals surface area contributed by atoms with Gasteiger partial charge in [-0.1, -0.05) is 6.92 Å². The minimum atomic E-state index is 0.143. The first-order valence-electron chi connectivity index (χ1n) is 5.08. The lowest BCUT2D eigenvalue weighted by molar-refractivity contribution is 0.0792. The first-order chi connectivity index (χ1) is 7.08. The smallest absolute Gasteiger partial charge is 0.263 e. The van der Waals surface area contributed by atoms with Crippen molar-refractivity contribution in [2.75, 3.05) is 13.6 Å². The molecule has 2 rings (SSSR count). The van der Waals surface area contributed by atoms with Crippen LogP contribution in [0, 0.1) is 11.8 Å². The Bertz CT molecular complexity index is 376. The number of rotatable bonds is 3. The van der Waals surface area contributed by atoms with Crippen LogP contribution in [0.2, 0.25) is 0 Å². The first-order valence-corrected chi connectivity index (χ1v) is 6.69. The largest absolute Gasteiger partial charge is 0.341 e. The molecule has 2 atom stereocenters. The van der Waals surface area contributed by atoms with Gasteiger partial charge in [0.05, 0.1) is 8.66 Å². The molecule has 1 heterocycles. The molecule has 2 unspecified atom stereocenters. The van der Waals surface area contributed by atoms with Crippen LogP contribution >= 0.6 is 27.3 Å². The molecule has 0 bridgehead atoms. The number of halogens is 1. The van der Waals surface area contributed by atoms with Crippen LogP contribution in [0.1, 0.15) is 23.0 Å². The molecule has 0 N–H and O–H groups in total. The molecule has 82 valence electrons. The summed E-state index contributed by atoms with van der Waals surface area (Å²) in [4.78, 5) is 14.6. The van der Waals surface area contributed by atoms with E-state index in [9.17, 15) is 4.79 Å². The third-order valence-electron chi connectivity index (χ3n) is 2.92. The highest BCUT2D eigenvalue weighted by molar-refractivity contribution is 9.11. The van der Waals surface area contributed by atoms with Crippen LogP contribution < -0.4 is 0 Å². The molecule has 0 aliphatic heterocycles. The second-order valence-corrected chi connectivity index (χ2v) is 6.73. The Morgan fingerprint density at radius 2 is 2.33 bits per heavy atom. The molecule has 1 aromatic heterocycles.